The summed E-state index contributed by atoms with van der Waals surface area (Å²) < 4.78 is 5.04. The van der Waals surface area contributed by atoms with E-state index < -0.39 is 0 Å². The molecule has 1 aromatic rings. The molecule has 0 atom stereocenters. The number of thiophene rings is 1. The quantitative estimate of drug-likeness (QED) is 0.784. The maximum Gasteiger partial charge on any atom is 0.110 e. The van der Waals surface area contributed by atoms with Crippen LogP contribution in [0.2, 0.25) is 0 Å². The summed E-state index contributed by atoms with van der Waals surface area (Å²) in [6.45, 7) is 2.48. The lowest BCUT2D eigenvalue weighted by Gasteiger charge is -2.26. The van der Waals surface area contributed by atoms with E-state index in [1.54, 1.807) is 11.3 Å². The Morgan fingerprint density at radius 2 is 2.46 bits per heavy atom. The first-order chi connectivity index (χ1) is 6.38. The largest absolute Gasteiger partial charge is 0.378 e. The molecule has 1 aliphatic rings. The molecule has 1 aromatic heterocycles. The van der Waals surface area contributed by atoms with Crippen molar-refractivity contribution in [3.05, 3.63) is 21.9 Å². The van der Waals surface area contributed by atoms with Gasteiger partial charge in [0.15, 0.2) is 0 Å². The summed E-state index contributed by atoms with van der Waals surface area (Å²) in [5.74, 6) is 0. The van der Waals surface area contributed by atoms with Gasteiger partial charge < -0.3 is 10.1 Å². The summed E-state index contributed by atoms with van der Waals surface area (Å²) in [5.41, 5.74) is 0. The molecular weight excluding hydrogens is 184 g/mol. The standard InChI is InChI=1S/C9H10N2OS/c10-3-8-1-2-9(13-8)4-11-7-5-12-6-7/h1-2,7,11H,4-6H2. The minimum absolute atomic E-state index is 0.507. The zero-order chi connectivity index (χ0) is 9.10. The molecular formula is C9H10N2OS. The lowest BCUT2D eigenvalue weighted by molar-refractivity contribution is -0.00567. The van der Waals surface area contributed by atoms with Gasteiger partial charge in [-0.25, -0.2) is 0 Å². The summed E-state index contributed by atoms with van der Waals surface area (Å²) in [5, 5.41) is 12.0. The maximum atomic E-state index is 8.61. The molecule has 13 heavy (non-hydrogen) atoms. The Hall–Kier alpha value is -0.890. The molecule has 0 aliphatic carbocycles. The third kappa shape index (κ3) is 2.07. The van der Waals surface area contributed by atoms with Gasteiger partial charge in [-0.05, 0) is 12.1 Å². The molecule has 4 heteroatoms. The van der Waals surface area contributed by atoms with Gasteiger partial charge in [0.05, 0.1) is 19.3 Å². The van der Waals surface area contributed by atoms with Crippen LogP contribution >= 0.6 is 11.3 Å². The van der Waals surface area contributed by atoms with E-state index in [-0.39, 0.29) is 0 Å². The van der Waals surface area contributed by atoms with Crippen molar-refractivity contribution >= 4 is 11.3 Å². The van der Waals surface area contributed by atoms with Crippen molar-refractivity contribution in [2.45, 2.75) is 12.6 Å². The van der Waals surface area contributed by atoms with E-state index >= 15 is 0 Å². The zero-order valence-electron chi connectivity index (χ0n) is 7.12. The minimum Gasteiger partial charge on any atom is -0.378 e. The monoisotopic (exact) mass is 194 g/mol. The van der Waals surface area contributed by atoms with E-state index in [1.807, 2.05) is 12.1 Å². The molecule has 0 spiro atoms. The van der Waals surface area contributed by atoms with E-state index in [2.05, 4.69) is 11.4 Å². The highest BCUT2D eigenvalue weighted by Gasteiger charge is 2.17. The van der Waals surface area contributed by atoms with Crippen LogP contribution < -0.4 is 5.32 Å². The van der Waals surface area contributed by atoms with Gasteiger partial charge in [0, 0.05) is 11.4 Å². The number of hydrogen-bond acceptors (Lipinski definition) is 4. The van der Waals surface area contributed by atoms with Crippen LogP contribution in [0.5, 0.6) is 0 Å². The molecule has 1 fully saturated rings. The third-order valence-electron chi connectivity index (χ3n) is 1.97. The van der Waals surface area contributed by atoms with Crippen molar-refractivity contribution in [1.29, 1.82) is 5.26 Å². The average Bonchev–Trinajstić information content (AvgIpc) is 2.49. The third-order valence-corrected chi connectivity index (χ3v) is 2.96. The van der Waals surface area contributed by atoms with Gasteiger partial charge in [-0.15, -0.1) is 11.3 Å². The SMILES string of the molecule is N#Cc1ccc(CNC2COC2)s1. The Morgan fingerprint density at radius 3 is 3.00 bits per heavy atom. The minimum atomic E-state index is 0.507. The van der Waals surface area contributed by atoms with Crippen molar-refractivity contribution < 1.29 is 4.74 Å². The van der Waals surface area contributed by atoms with E-state index in [0.717, 1.165) is 24.6 Å². The van der Waals surface area contributed by atoms with Crippen LogP contribution in [-0.4, -0.2) is 19.3 Å². The second-order valence-electron chi connectivity index (χ2n) is 2.99. The van der Waals surface area contributed by atoms with Crippen molar-refractivity contribution in [2.75, 3.05) is 13.2 Å². The fourth-order valence-electron chi connectivity index (χ4n) is 1.13. The first-order valence-corrected chi connectivity index (χ1v) is 5.00. The summed E-state index contributed by atoms with van der Waals surface area (Å²) >= 11 is 1.55. The van der Waals surface area contributed by atoms with Crippen LogP contribution in [0, 0.1) is 11.3 Å². The Labute approximate surface area is 80.9 Å². The molecule has 0 bridgehead atoms. The second kappa shape index (κ2) is 3.88. The number of rotatable bonds is 3. The van der Waals surface area contributed by atoms with Crippen molar-refractivity contribution in [3.63, 3.8) is 0 Å². The van der Waals surface area contributed by atoms with Crippen molar-refractivity contribution in [2.24, 2.45) is 0 Å². The van der Waals surface area contributed by atoms with E-state index in [9.17, 15) is 0 Å². The molecule has 1 N–H and O–H groups in total. The first-order valence-electron chi connectivity index (χ1n) is 4.18. The lowest BCUT2D eigenvalue weighted by Crippen LogP contribution is -2.45. The van der Waals surface area contributed by atoms with Gasteiger partial charge >= 0.3 is 0 Å². The van der Waals surface area contributed by atoms with E-state index in [0.29, 0.717) is 6.04 Å². The smallest absolute Gasteiger partial charge is 0.110 e. The van der Waals surface area contributed by atoms with Gasteiger partial charge in [0.2, 0.25) is 0 Å². The Bertz CT molecular complexity index is 325. The molecule has 68 valence electrons. The Morgan fingerprint density at radius 1 is 1.62 bits per heavy atom. The number of ether oxygens (including phenoxy) is 1. The van der Waals surface area contributed by atoms with Crippen LogP contribution in [0.15, 0.2) is 12.1 Å². The molecule has 0 radical (unpaired) electrons. The maximum absolute atomic E-state index is 8.61. The topological polar surface area (TPSA) is 45.0 Å². The highest BCUT2D eigenvalue weighted by Crippen LogP contribution is 2.15. The Kier molecular flexibility index (Phi) is 2.60. The van der Waals surface area contributed by atoms with Gasteiger partial charge in [-0.3, -0.25) is 0 Å². The van der Waals surface area contributed by atoms with Crippen LogP contribution in [-0.2, 0) is 11.3 Å². The molecule has 0 saturated carbocycles. The lowest BCUT2D eigenvalue weighted by atomic mass is 10.2. The normalized spacial score (nSPS) is 16.5. The summed E-state index contributed by atoms with van der Waals surface area (Å²) in [6.07, 6.45) is 0. The molecule has 0 aromatic carbocycles. The molecule has 2 heterocycles. The zero-order valence-corrected chi connectivity index (χ0v) is 7.93. The van der Waals surface area contributed by atoms with Gasteiger partial charge in [0.25, 0.3) is 0 Å². The molecule has 1 aliphatic heterocycles. The second-order valence-corrected chi connectivity index (χ2v) is 4.16. The fraction of sp³-hybridized carbons (Fsp3) is 0.444. The molecule has 0 unspecified atom stereocenters. The van der Waals surface area contributed by atoms with Gasteiger partial charge in [-0.2, -0.15) is 5.26 Å². The van der Waals surface area contributed by atoms with Crippen LogP contribution in [0.25, 0.3) is 0 Å². The van der Waals surface area contributed by atoms with Crippen LogP contribution in [0.1, 0.15) is 9.75 Å². The predicted molar refractivity (Wildman–Crippen MR) is 50.5 cm³/mol. The Balaban J connectivity index is 1.83. The van der Waals surface area contributed by atoms with Gasteiger partial charge in [0.1, 0.15) is 10.9 Å². The van der Waals surface area contributed by atoms with Crippen LogP contribution in [0.3, 0.4) is 0 Å². The fourth-order valence-corrected chi connectivity index (χ4v) is 1.89. The summed E-state index contributed by atoms with van der Waals surface area (Å²) in [4.78, 5) is 1.99. The summed E-state index contributed by atoms with van der Waals surface area (Å²) in [7, 11) is 0. The number of nitrogens with zero attached hydrogens (tertiary/aromatic N) is 1. The van der Waals surface area contributed by atoms with E-state index in [4.69, 9.17) is 10.00 Å². The molecule has 2 rings (SSSR count). The number of nitrogens with one attached hydrogen (secondary N) is 1. The van der Waals surface area contributed by atoms with Gasteiger partial charge in [-0.1, -0.05) is 0 Å². The highest BCUT2D eigenvalue weighted by atomic mass is 32.1. The van der Waals surface area contributed by atoms with Crippen molar-refractivity contribution in [3.8, 4) is 6.07 Å². The van der Waals surface area contributed by atoms with Crippen LogP contribution in [0.4, 0.5) is 0 Å². The first kappa shape index (κ1) is 8.70. The predicted octanol–water partition coefficient (Wildman–Crippen LogP) is 1.11. The molecule has 3 nitrogen and oxygen atoms in total. The van der Waals surface area contributed by atoms with E-state index in [1.165, 1.54) is 4.88 Å². The molecule has 1 saturated heterocycles. The number of hydrogen-bond donors (Lipinski definition) is 1. The highest BCUT2D eigenvalue weighted by molar-refractivity contribution is 7.12. The summed E-state index contributed by atoms with van der Waals surface area (Å²) in [6, 6.07) is 6.49. The molecule has 0 amide bonds. The van der Waals surface area contributed by atoms with Crippen molar-refractivity contribution in [1.82, 2.24) is 5.32 Å². The average molecular weight is 194 g/mol. The number of nitriles is 1.